The summed E-state index contributed by atoms with van der Waals surface area (Å²) < 4.78 is 16.2. The highest BCUT2D eigenvalue weighted by Gasteiger charge is 2.33. The minimum absolute atomic E-state index is 0.0589. The zero-order chi connectivity index (χ0) is 24.9. The highest BCUT2D eigenvalue weighted by Crippen LogP contribution is 2.37. The number of nitrogens with one attached hydrogen (secondary N) is 1. The van der Waals surface area contributed by atoms with Gasteiger partial charge in [0.15, 0.2) is 12.7 Å². The largest absolute Gasteiger partial charge is 0.582 e. The quantitative estimate of drug-likeness (QED) is 0.216. The number of fused-ring (bicyclic) bond motifs is 2. The molecule has 0 amide bonds. The molecule has 6 heteroatoms. The average Bonchev–Trinajstić information content (AvgIpc) is 3.36. The van der Waals surface area contributed by atoms with E-state index in [0.717, 1.165) is 49.7 Å². The summed E-state index contributed by atoms with van der Waals surface area (Å²) in [6.07, 6.45) is 4.19. The SMILES string of the molecule is CCC(=[NH2+])OC(=N)C1Cc2c(cccc2[OH+]CCCN2CCC(c3ccc4ccccc4c3)CC2)O1. The lowest BCUT2D eigenvalue weighted by molar-refractivity contribution is -0.135. The number of nitrogens with two attached hydrogens (primary N) is 1. The van der Waals surface area contributed by atoms with E-state index in [4.69, 9.17) is 25.0 Å². The van der Waals surface area contributed by atoms with Crippen LogP contribution in [0.4, 0.5) is 0 Å². The molecule has 2 heterocycles. The van der Waals surface area contributed by atoms with E-state index in [2.05, 4.69) is 47.4 Å². The Balaban J connectivity index is 1.07. The summed E-state index contributed by atoms with van der Waals surface area (Å²) in [4.78, 5) is 2.58. The molecule has 0 bridgehead atoms. The van der Waals surface area contributed by atoms with Crippen molar-refractivity contribution in [3.63, 3.8) is 0 Å². The fraction of sp³-hybridized carbons (Fsp3) is 0.400. The van der Waals surface area contributed by atoms with Gasteiger partial charge in [0.2, 0.25) is 5.90 Å². The molecular formula is C30H37N3O3+2. The van der Waals surface area contributed by atoms with Crippen molar-refractivity contribution in [2.75, 3.05) is 26.2 Å². The second kappa shape index (κ2) is 11.1. The van der Waals surface area contributed by atoms with Gasteiger partial charge in [0, 0.05) is 25.5 Å². The van der Waals surface area contributed by atoms with Gasteiger partial charge in [-0.2, -0.15) is 0 Å². The molecule has 1 unspecified atom stereocenters. The molecule has 3 aromatic rings. The summed E-state index contributed by atoms with van der Waals surface area (Å²) in [5, 5.41) is 16.6. The normalized spacial score (nSPS) is 18.0. The van der Waals surface area contributed by atoms with Gasteiger partial charge in [0.25, 0.3) is 5.75 Å². The Labute approximate surface area is 213 Å². The van der Waals surface area contributed by atoms with E-state index < -0.39 is 6.10 Å². The van der Waals surface area contributed by atoms with Gasteiger partial charge in [-0.3, -0.25) is 5.41 Å². The van der Waals surface area contributed by atoms with Crippen LogP contribution in [0.15, 0.2) is 60.7 Å². The predicted octanol–water partition coefficient (Wildman–Crippen LogP) is 4.22. The maximum absolute atomic E-state index is 8.17. The van der Waals surface area contributed by atoms with Crippen LogP contribution in [-0.2, 0) is 11.2 Å². The molecule has 6 nitrogen and oxygen atoms in total. The summed E-state index contributed by atoms with van der Waals surface area (Å²) in [5.41, 5.74) is 2.54. The van der Waals surface area contributed by atoms with Crippen LogP contribution in [0.3, 0.4) is 0 Å². The van der Waals surface area contributed by atoms with Crippen molar-refractivity contribution in [1.29, 1.82) is 5.41 Å². The number of benzene rings is 3. The molecule has 5 rings (SSSR count). The predicted molar refractivity (Wildman–Crippen MR) is 144 cm³/mol. The van der Waals surface area contributed by atoms with E-state index in [1.165, 1.54) is 29.2 Å². The first-order valence-electron chi connectivity index (χ1n) is 13.2. The number of hydrogen-bond acceptors (Lipinski definition) is 4. The van der Waals surface area contributed by atoms with Crippen LogP contribution < -0.4 is 10.1 Å². The molecule has 2 aliphatic heterocycles. The lowest BCUT2D eigenvalue weighted by atomic mass is 9.88. The van der Waals surface area contributed by atoms with Crippen LogP contribution in [0.1, 0.15) is 49.7 Å². The Hall–Kier alpha value is -3.38. The second-order valence-corrected chi connectivity index (χ2v) is 9.81. The smallest absolute Gasteiger partial charge is 0.339 e. The van der Waals surface area contributed by atoms with Gasteiger partial charge in [-0.05, 0) is 60.3 Å². The van der Waals surface area contributed by atoms with Gasteiger partial charge in [0.05, 0.1) is 12.0 Å². The number of likely N-dealkylation sites (tertiary alicyclic amines) is 1. The average molecular weight is 488 g/mol. The maximum Gasteiger partial charge on any atom is 0.339 e. The summed E-state index contributed by atoms with van der Waals surface area (Å²) in [6, 6.07) is 21.5. The highest BCUT2D eigenvalue weighted by atomic mass is 16.5. The molecule has 36 heavy (non-hydrogen) atoms. The van der Waals surface area contributed by atoms with E-state index in [1.54, 1.807) is 0 Å². The molecule has 4 N–H and O–H groups in total. The molecule has 0 spiro atoms. The minimum Gasteiger partial charge on any atom is -0.582 e. The van der Waals surface area contributed by atoms with E-state index in [9.17, 15) is 0 Å². The molecule has 1 atom stereocenters. The molecule has 188 valence electrons. The number of nitrogens with zero attached hydrogens (tertiary/aromatic N) is 1. The topological polar surface area (TPSA) is 83.9 Å². The number of ether oxygens (including phenoxy) is 3. The molecule has 0 aromatic heterocycles. The van der Waals surface area contributed by atoms with Gasteiger partial charge >= 0.3 is 5.90 Å². The lowest BCUT2D eigenvalue weighted by Crippen LogP contribution is -2.44. The molecule has 0 saturated carbocycles. The van der Waals surface area contributed by atoms with Crippen molar-refractivity contribution in [3.8, 4) is 11.5 Å². The third kappa shape index (κ3) is 5.54. The molecule has 3 aromatic carbocycles. The third-order valence-corrected chi connectivity index (χ3v) is 7.40. The van der Waals surface area contributed by atoms with Crippen LogP contribution in [0, 0.1) is 5.41 Å². The van der Waals surface area contributed by atoms with Crippen LogP contribution in [0.2, 0.25) is 0 Å². The number of aromatic hydroxyl groups is 1. The lowest BCUT2D eigenvalue weighted by Gasteiger charge is -2.32. The van der Waals surface area contributed by atoms with Gasteiger partial charge in [-0.15, -0.1) is 0 Å². The first kappa shape index (κ1) is 24.3. The summed E-state index contributed by atoms with van der Waals surface area (Å²) in [6.45, 7) is 6.06. The van der Waals surface area contributed by atoms with Crippen LogP contribution in [0.25, 0.3) is 10.8 Å². The Morgan fingerprint density at radius 2 is 1.89 bits per heavy atom. The molecule has 1 saturated heterocycles. The minimum atomic E-state index is -0.439. The Kier molecular flexibility index (Phi) is 7.52. The van der Waals surface area contributed by atoms with Crippen LogP contribution in [0.5, 0.6) is 11.5 Å². The van der Waals surface area contributed by atoms with Gasteiger partial charge in [-0.1, -0.05) is 49.4 Å². The number of aliphatic hydroxyl groups is 1. The Morgan fingerprint density at radius 3 is 2.69 bits per heavy atom. The Morgan fingerprint density at radius 1 is 1.08 bits per heavy atom. The first-order valence-corrected chi connectivity index (χ1v) is 13.2. The highest BCUT2D eigenvalue weighted by molar-refractivity contribution is 5.90. The second-order valence-electron chi connectivity index (χ2n) is 9.81. The monoisotopic (exact) mass is 487 g/mol. The number of hydrogen-bond donors (Lipinski definition) is 2. The molecule has 2 aliphatic rings. The molecular weight excluding hydrogens is 450 g/mol. The summed E-state index contributed by atoms with van der Waals surface area (Å²) in [7, 11) is 0. The van der Waals surface area contributed by atoms with Gasteiger partial charge < -0.3 is 19.1 Å². The first-order chi connectivity index (χ1) is 17.6. The summed E-state index contributed by atoms with van der Waals surface area (Å²) in [5.74, 6) is 2.81. The zero-order valence-electron chi connectivity index (χ0n) is 21.1. The van der Waals surface area contributed by atoms with Crippen molar-refractivity contribution in [1.82, 2.24) is 4.90 Å². The number of piperidine rings is 1. The van der Waals surface area contributed by atoms with E-state index in [0.29, 0.717) is 24.7 Å². The van der Waals surface area contributed by atoms with Crippen molar-refractivity contribution in [3.05, 3.63) is 71.8 Å². The van der Waals surface area contributed by atoms with Crippen molar-refractivity contribution in [2.45, 2.75) is 51.0 Å². The Bertz CT molecular complexity index is 1230. The van der Waals surface area contributed by atoms with Gasteiger partial charge in [-0.25, -0.2) is 5.41 Å². The standard InChI is InChI=1S/C30H35N3O3/c1-2-29(31)36-30(32)28-20-25-26(9-5-10-27(25)35-28)34-18-6-15-33-16-13-22(14-17-33)24-12-11-21-7-3-4-8-23(21)19-24/h3-5,7-12,19,22,28,31-32H,2,6,13-18,20H2,1H3/p+2. The van der Waals surface area contributed by atoms with Crippen molar-refractivity contribution < 1.29 is 19.6 Å². The zero-order valence-corrected chi connectivity index (χ0v) is 21.1. The van der Waals surface area contributed by atoms with E-state index >= 15 is 0 Å². The van der Waals surface area contributed by atoms with Crippen LogP contribution in [-0.4, -0.2) is 53.8 Å². The van der Waals surface area contributed by atoms with Gasteiger partial charge in [0.1, 0.15) is 5.75 Å². The van der Waals surface area contributed by atoms with Crippen molar-refractivity contribution in [2.24, 2.45) is 0 Å². The molecule has 0 radical (unpaired) electrons. The fourth-order valence-corrected chi connectivity index (χ4v) is 5.27. The summed E-state index contributed by atoms with van der Waals surface area (Å²) >= 11 is 0. The molecule has 1 fully saturated rings. The fourth-order valence-electron chi connectivity index (χ4n) is 5.27. The maximum atomic E-state index is 8.17. The number of rotatable bonds is 8. The van der Waals surface area contributed by atoms with Crippen molar-refractivity contribution >= 4 is 22.6 Å². The third-order valence-electron chi connectivity index (χ3n) is 7.40. The molecule has 0 aliphatic carbocycles. The van der Waals surface area contributed by atoms with E-state index in [1.807, 2.05) is 25.1 Å². The van der Waals surface area contributed by atoms with Crippen LogP contribution >= 0.6 is 0 Å². The van der Waals surface area contributed by atoms with E-state index in [-0.39, 0.29) is 5.90 Å².